The number of carbonyl (C=O) groups is 3. The Morgan fingerprint density at radius 3 is 2.02 bits per heavy atom. The Labute approximate surface area is 294 Å². The predicted octanol–water partition coefficient (Wildman–Crippen LogP) is 8.55. The van der Waals surface area contributed by atoms with Gasteiger partial charge in [-0.2, -0.15) is 0 Å². The Kier molecular flexibility index (Phi) is 11.8. The predicted molar refractivity (Wildman–Crippen MR) is 196 cm³/mol. The van der Waals surface area contributed by atoms with E-state index in [0.29, 0.717) is 33.5 Å². The SMILES string of the molecule is COc1cc(OC)c(NC(=O)C(Sc2ccc(NC(=O)/C(=C/c3ccc(C)cc3)NC(=O)c3ccccc3)cc2)c2ccccc2)cc1Cl. The van der Waals surface area contributed by atoms with Gasteiger partial charge in [0.25, 0.3) is 11.8 Å². The van der Waals surface area contributed by atoms with Crippen LogP contribution in [0, 0.1) is 6.92 Å². The van der Waals surface area contributed by atoms with E-state index in [9.17, 15) is 14.4 Å². The lowest BCUT2D eigenvalue weighted by atomic mass is 10.1. The number of ether oxygens (including phenoxy) is 2. The van der Waals surface area contributed by atoms with Crippen LogP contribution in [-0.2, 0) is 9.59 Å². The van der Waals surface area contributed by atoms with Gasteiger partial charge in [0.1, 0.15) is 22.4 Å². The van der Waals surface area contributed by atoms with Gasteiger partial charge in [0.2, 0.25) is 5.91 Å². The minimum absolute atomic E-state index is 0.0889. The van der Waals surface area contributed by atoms with Gasteiger partial charge >= 0.3 is 0 Å². The van der Waals surface area contributed by atoms with Crippen LogP contribution in [0.2, 0.25) is 5.02 Å². The number of hydrogen-bond acceptors (Lipinski definition) is 6. The molecular weight excluding hydrogens is 658 g/mol. The van der Waals surface area contributed by atoms with Gasteiger partial charge < -0.3 is 25.4 Å². The van der Waals surface area contributed by atoms with Crippen molar-refractivity contribution >= 4 is 58.5 Å². The molecule has 0 saturated heterocycles. The molecule has 0 spiro atoms. The average Bonchev–Trinajstić information content (AvgIpc) is 3.12. The van der Waals surface area contributed by atoms with Gasteiger partial charge in [-0.1, -0.05) is 90.0 Å². The maximum absolute atomic E-state index is 13.7. The number of rotatable bonds is 12. The molecular formula is C39H34ClN3O5S. The lowest BCUT2D eigenvalue weighted by Gasteiger charge is -2.19. The molecule has 0 saturated carbocycles. The Morgan fingerprint density at radius 1 is 0.755 bits per heavy atom. The van der Waals surface area contributed by atoms with Gasteiger partial charge in [-0.3, -0.25) is 14.4 Å². The topological polar surface area (TPSA) is 106 Å². The lowest BCUT2D eigenvalue weighted by Crippen LogP contribution is -2.30. The summed E-state index contributed by atoms with van der Waals surface area (Å²) in [6.45, 7) is 1.98. The minimum atomic E-state index is -0.635. The molecule has 0 bridgehead atoms. The van der Waals surface area contributed by atoms with Gasteiger partial charge in [-0.25, -0.2) is 0 Å². The highest BCUT2D eigenvalue weighted by atomic mass is 35.5. The van der Waals surface area contributed by atoms with Crippen LogP contribution in [0.25, 0.3) is 6.08 Å². The summed E-state index contributed by atoms with van der Waals surface area (Å²) in [5.74, 6) is -0.344. The van der Waals surface area contributed by atoms with Gasteiger partial charge in [-0.15, -0.1) is 11.8 Å². The summed E-state index contributed by atoms with van der Waals surface area (Å²) in [4.78, 5) is 41.0. The molecule has 5 aromatic carbocycles. The van der Waals surface area contributed by atoms with E-state index < -0.39 is 17.1 Å². The second-order valence-corrected chi connectivity index (χ2v) is 12.4. The Balaban J connectivity index is 1.34. The number of hydrogen-bond donors (Lipinski definition) is 3. The van der Waals surface area contributed by atoms with E-state index in [1.54, 1.807) is 54.6 Å². The maximum atomic E-state index is 13.7. The van der Waals surface area contributed by atoms with Crippen molar-refractivity contribution < 1.29 is 23.9 Å². The summed E-state index contributed by atoms with van der Waals surface area (Å²) < 4.78 is 10.7. The molecule has 8 nitrogen and oxygen atoms in total. The van der Waals surface area contributed by atoms with Crippen LogP contribution in [0.1, 0.15) is 32.3 Å². The minimum Gasteiger partial charge on any atom is -0.495 e. The molecule has 0 heterocycles. The zero-order valence-electron chi connectivity index (χ0n) is 27.0. The van der Waals surface area contributed by atoms with Crippen molar-refractivity contribution in [2.75, 3.05) is 24.9 Å². The van der Waals surface area contributed by atoms with Gasteiger partial charge in [0.05, 0.1) is 24.9 Å². The number of amides is 3. The third-order valence-electron chi connectivity index (χ3n) is 7.36. The molecule has 3 N–H and O–H groups in total. The normalized spacial score (nSPS) is 11.6. The highest BCUT2D eigenvalue weighted by Gasteiger charge is 2.24. The summed E-state index contributed by atoms with van der Waals surface area (Å²) in [5, 5.41) is 8.28. The third-order valence-corrected chi connectivity index (χ3v) is 8.92. The molecule has 5 rings (SSSR count). The van der Waals surface area contributed by atoms with E-state index in [0.717, 1.165) is 21.6 Å². The first-order chi connectivity index (χ1) is 23.7. The molecule has 1 unspecified atom stereocenters. The zero-order valence-corrected chi connectivity index (χ0v) is 28.6. The molecule has 0 aromatic heterocycles. The van der Waals surface area contributed by atoms with Crippen LogP contribution in [-0.4, -0.2) is 31.9 Å². The molecule has 0 aliphatic rings. The summed E-state index contributed by atoms with van der Waals surface area (Å²) in [7, 11) is 3.00. The number of anilines is 2. The molecule has 0 aliphatic heterocycles. The van der Waals surface area contributed by atoms with Gasteiger partial charge in [0, 0.05) is 22.2 Å². The van der Waals surface area contributed by atoms with E-state index >= 15 is 0 Å². The summed E-state index contributed by atoms with van der Waals surface area (Å²) >= 11 is 7.69. The average molecular weight is 692 g/mol. The maximum Gasteiger partial charge on any atom is 0.272 e. The number of thioether (sulfide) groups is 1. The molecule has 0 fully saturated rings. The molecule has 49 heavy (non-hydrogen) atoms. The second kappa shape index (κ2) is 16.5. The van der Waals surface area contributed by atoms with Crippen molar-refractivity contribution in [3.8, 4) is 11.5 Å². The van der Waals surface area contributed by atoms with Crippen LogP contribution in [0.3, 0.4) is 0 Å². The molecule has 10 heteroatoms. The van der Waals surface area contributed by atoms with Crippen LogP contribution in [0.5, 0.6) is 11.5 Å². The summed E-state index contributed by atoms with van der Waals surface area (Å²) in [6, 6.07) is 36.0. The third kappa shape index (κ3) is 9.31. The fourth-order valence-corrected chi connectivity index (χ4v) is 6.05. The van der Waals surface area contributed by atoms with Crippen molar-refractivity contribution in [3.63, 3.8) is 0 Å². The zero-order chi connectivity index (χ0) is 34.8. The summed E-state index contributed by atoms with van der Waals surface area (Å²) in [5.41, 5.74) is 4.06. The van der Waals surface area contributed by atoms with Crippen molar-refractivity contribution in [2.24, 2.45) is 0 Å². The van der Waals surface area contributed by atoms with E-state index in [1.807, 2.05) is 79.7 Å². The molecule has 5 aromatic rings. The number of halogens is 1. The van der Waals surface area contributed by atoms with E-state index in [-0.39, 0.29) is 11.6 Å². The summed E-state index contributed by atoms with van der Waals surface area (Å²) in [6.07, 6.45) is 1.63. The highest BCUT2D eigenvalue weighted by Crippen LogP contribution is 2.40. The molecule has 1 atom stereocenters. The number of carbonyl (C=O) groups excluding carboxylic acids is 3. The smallest absolute Gasteiger partial charge is 0.272 e. The Bertz CT molecular complexity index is 1950. The van der Waals surface area contributed by atoms with Crippen molar-refractivity contribution in [2.45, 2.75) is 17.1 Å². The monoisotopic (exact) mass is 691 g/mol. The quantitative estimate of drug-likeness (QED) is 0.0895. The van der Waals surface area contributed by atoms with Crippen molar-refractivity contribution in [1.29, 1.82) is 0 Å². The van der Waals surface area contributed by atoms with Crippen LogP contribution in [0.15, 0.2) is 132 Å². The molecule has 0 aliphatic carbocycles. The molecule has 248 valence electrons. The number of methoxy groups -OCH3 is 2. The first-order valence-corrected chi connectivity index (χ1v) is 16.5. The van der Waals surface area contributed by atoms with E-state index in [1.165, 1.54) is 26.0 Å². The standard InChI is InChI=1S/C39H34ClN3O5S/c1-25-14-16-26(17-15-25)22-33(43-37(44)28-12-8-5-9-13-28)38(45)41-29-18-20-30(21-19-29)49-36(27-10-6-4-7-11-27)39(46)42-32-23-31(40)34(47-2)24-35(32)48-3/h4-24,36H,1-3H3,(H,41,45)(H,42,46)(H,43,44)/b33-22-. The van der Waals surface area contributed by atoms with Crippen molar-refractivity contribution in [3.05, 3.63) is 154 Å². The second-order valence-electron chi connectivity index (χ2n) is 10.9. The van der Waals surface area contributed by atoms with Gasteiger partial charge in [0.15, 0.2) is 0 Å². The highest BCUT2D eigenvalue weighted by molar-refractivity contribution is 8.00. The van der Waals surface area contributed by atoms with Crippen LogP contribution in [0.4, 0.5) is 11.4 Å². The Morgan fingerprint density at radius 2 is 1.39 bits per heavy atom. The number of aryl methyl sites for hydroxylation is 1. The van der Waals surface area contributed by atoms with Crippen LogP contribution < -0.4 is 25.4 Å². The molecule has 3 amide bonds. The number of benzene rings is 5. The first-order valence-electron chi connectivity index (χ1n) is 15.2. The first kappa shape index (κ1) is 34.8. The van der Waals surface area contributed by atoms with Crippen LogP contribution >= 0.6 is 23.4 Å². The number of nitrogens with one attached hydrogen (secondary N) is 3. The molecule has 0 radical (unpaired) electrons. The Hall–Kier alpha value is -5.51. The lowest BCUT2D eigenvalue weighted by molar-refractivity contribution is -0.116. The van der Waals surface area contributed by atoms with Gasteiger partial charge in [-0.05, 0) is 66.6 Å². The fraction of sp³-hybridized carbons (Fsp3) is 0.103. The van der Waals surface area contributed by atoms with Crippen molar-refractivity contribution in [1.82, 2.24) is 5.32 Å². The fourth-order valence-electron chi connectivity index (χ4n) is 4.78. The van der Waals surface area contributed by atoms with E-state index in [4.69, 9.17) is 21.1 Å². The van der Waals surface area contributed by atoms with E-state index in [2.05, 4.69) is 16.0 Å². The largest absolute Gasteiger partial charge is 0.495 e.